The fourth-order valence-electron chi connectivity index (χ4n) is 3.00. The lowest BCUT2D eigenvalue weighted by atomic mass is 9.64. The predicted octanol–water partition coefficient (Wildman–Crippen LogP) is 2.06. The molecule has 94 valence electrons. The third-order valence-electron chi connectivity index (χ3n) is 4.47. The maximum Gasteiger partial charge on any atom is 0.233 e. The van der Waals surface area contributed by atoms with E-state index in [9.17, 15) is 4.79 Å². The first-order valence-electron chi connectivity index (χ1n) is 6.55. The van der Waals surface area contributed by atoms with E-state index in [-0.39, 0.29) is 12.5 Å². The van der Waals surface area contributed by atoms with E-state index in [1.165, 1.54) is 19.3 Å². The monoisotopic (exact) mass is 226 g/mol. The Morgan fingerprint density at radius 3 is 2.69 bits per heavy atom. The zero-order valence-electron chi connectivity index (χ0n) is 10.9. The number of rotatable bonds is 4. The lowest BCUT2D eigenvalue weighted by molar-refractivity contribution is -0.121. The van der Waals surface area contributed by atoms with Gasteiger partial charge in [-0.15, -0.1) is 0 Å². The zero-order chi connectivity index (χ0) is 12.2. The molecule has 0 unspecified atom stereocenters. The Labute approximate surface area is 99.2 Å². The highest BCUT2D eigenvalue weighted by Gasteiger charge is 2.37. The Morgan fingerprint density at radius 1 is 1.50 bits per heavy atom. The molecule has 0 heterocycles. The normalized spacial score (nSPS) is 34.8. The van der Waals surface area contributed by atoms with Crippen LogP contribution >= 0.6 is 0 Å². The fraction of sp³-hybridized carbons (Fsp3) is 0.923. The van der Waals surface area contributed by atoms with Gasteiger partial charge in [0.2, 0.25) is 5.91 Å². The van der Waals surface area contributed by atoms with E-state index < -0.39 is 0 Å². The number of nitrogens with two attached hydrogens (primary N) is 1. The number of hydrogen-bond acceptors (Lipinski definition) is 2. The highest BCUT2D eigenvalue weighted by atomic mass is 16.1. The van der Waals surface area contributed by atoms with Crippen LogP contribution in [0.2, 0.25) is 0 Å². The molecular formula is C13H26N2O. The van der Waals surface area contributed by atoms with Gasteiger partial charge >= 0.3 is 0 Å². The van der Waals surface area contributed by atoms with Gasteiger partial charge in [0.1, 0.15) is 0 Å². The first-order chi connectivity index (χ1) is 7.55. The molecule has 0 spiro atoms. The van der Waals surface area contributed by atoms with Gasteiger partial charge in [-0.1, -0.05) is 33.6 Å². The molecule has 1 aliphatic rings. The molecule has 1 saturated carbocycles. The third kappa shape index (κ3) is 2.97. The van der Waals surface area contributed by atoms with Gasteiger partial charge < -0.3 is 11.1 Å². The summed E-state index contributed by atoms with van der Waals surface area (Å²) < 4.78 is 0. The topological polar surface area (TPSA) is 55.1 Å². The average molecular weight is 226 g/mol. The van der Waals surface area contributed by atoms with Crippen molar-refractivity contribution in [3.63, 3.8) is 0 Å². The van der Waals surface area contributed by atoms with Gasteiger partial charge in [0, 0.05) is 6.04 Å². The molecule has 0 aromatic rings. The Balaban J connectivity index is 2.55. The maximum atomic E-state index is 11.3. The Morgan fingerprint density at radius 2 is 2.19 bits per heavy atom. The lowest BCUT2D eigenvalue weighted by Gasteiger charge is -2.44. The highest BCUT2D eigenvalue weighted by molar-refractivity contribution is 5.78. The molecule has 1 aliphatic carbocycles. The van der Waals surface area contributed by atoms with E-state index in [4.69, 9.17) is 5.73 Å². The van der Waals surface area contributed by atoms with Crippen molar-refractivity contribution in [2.45, 2.75) is 58.9 Å². The van der Waals surface area contributed by atoms with Crippen molar-refractivity contribution in [1.82, 2.24) is 5.32 Å². The van der Waals surface area contributed by atoms with Crippen LogP contribution in [0.3, 0.4) is 0 Å². The van der Waals surface area contributed by atoms with Crippen LogP contribution in [0.5, 0.6) is 0 Å². The molecule has 1 rings (SSSR count). The molecule has 0 aromatic heterocycles. The minimum absolute atomic E-state index is 0.0139. The first-order valence-corrected chi connectivity index (χ1v) is 6.55. The second-order valence-corrected chi connectivity index (χ2v) is 5.36. The van der Waals surface area contributed by atoms with Crippen LogP contribution in [0.1, 0.15) is 52.9 Å². The summed E-state index contributed by atoms with van der Waals surface area (Å²) in [7, 11) is 0. The van der Waals surface area contributed by atoms with Crippen molar-refractivity contribution in [3.8, 4) is 0 Å². The van der Waals surface area contributed by atoms with E-state index in [0.29, 0.717) is 11.5 Å². The molecule has 0 saturated heterocycles. The molecule has 0 bridgehead atoms. The predicted molar refractivity (Wildman–Crippen MR) is 67.0 cm³/mol. The Bertz CT molecular complexity index is 242. The summed E-state index contributed by atoms with van der Waals surface area (Å²) in [6, 6.07) is 0.348. The second-order valence-electron chi connectivity index (χ2n) is 5.36. The molecule has 3 heteroatoms. The molecule has 1 amide bonds. The van der Waals surface area contributed by atoms with Crippen LogP contribution in [0, 0.1) is 11.3 Å². The van der Waals surface area contributed by atoms with E-state index in [2.05, 4.69) is 26.1 Å². The number of amides is 1. The summed E-state index contributed by atoms with van der Waals surface area (Å²) >= 11 is 0. The van der Waals surface area contributed by atoms with Gasteiger partial charge in [0.25, 0.3) is 0 Å². The number of carbonyl (C=O) groups is 1. The molecule has 1 fully saturated rings. The van der Waals surface area contributed by atoms with E-state index in [1.807, 2.05) is 0 Å². The summed E-state index contributed by atoms with van der Waals surface area (Å²) in [4.78, 5) is 11.3. The third-order valence-corrected chi connectivity index (χ3v) is 4.47. The summed E-state index contributed by atoms with van der Waals surface area (Å²) in [5.41, 5.74) is 5.79. The van der Waals surface area contributed by atoms with E-state index in [0.717, 1.165) is 18.8 Å². The average Bonchev–Trinajstić information content (AvgIpc) is 2.31. The molecular weight excluding hydrogens is 200 g/mol. The van der Waals surface area contributed by atoms with Gasteiger partial charge in [-0.2, -0.15) is 0 Å². The number of carbonyl (C=O) groups excluding carboxylic acids is 1. The molecule has 0 aliphatic heterocycles. The Kier molecular flexibility index (Phi) is 4.78. The second kappa shape index (κ2) is 5.67. The van der Waals surface area contributed by atoms with Crippen molar-refractivity contribution < 1.29 is 4.79 Å². The van der Waals surface area contributed by atoms with Crippen LogP contribution in [0.15, 0.2) is 0 Å². The molecule has 0 aromatic carbocycles. The molecule has 0 radical (unpaired) electrons. The smallest absolute Gasteiger partial charge is 0.233 e. The van der Waals surface area contributed by atoms with Crippen molar-refractivity contribution >= 4 is 5.91 Å². The van der Waals surface area contributed by atoms with Crippen LogP contribution in [-0.2, 0) is 4.79 Å². The van der Waals surface area contributed by atoms with Crippen molar-refractivity contribution in [3.05, 3.63) is 0 Å². The van der Waals surface area contributed by atoms with Crippen molar-refractivity contribution in [2.75, 3.05) is 6.54 Å². The van der Waals surface area contributed by atoms with Crippen LogP contribution in [-0.4, -0.2) is 18.5 Å². The van der Waals surface area contributed by atoms with Crippen molar-refractivity contribution in [2.24, 2.45) is 17.1 Å². The summed E-state index contributed by atoms with van der Waals surface area (Å²) in [5, 5.41) is 3.03. The zero-order valence-corrected chi connectivity index (χ0v) is 10.9. The minimum Gasteiger partial charge on any atom is -0.352 e. The standard InChI is InChI=1S/C13H26N2O/c1-4-10-8-11(15-12(16)9-14)6-7-13(10,3)5-2/h10-11H,4-9,14H2,1-3H3,(H,15,16)/t10-,11+,13+/m1/s1. The van der Waals surface area contributed by atoms with E-state index in [1.54, 1.807) is 0 Å². The fourth-order valence-corrected chi connectivity index (χ4v) is 3.00. The van der Waals surface area contributed by atoms with Gasteiger partial charge in [-0.3, -0.25) is 4.79 Å². The van der Waals surface area contributed by atoms with Gasteiger partial charge in [0.15, 0.2) is 0 Å². The van der Waals surface area contributed by atoms with E-state index >= 15 is 0 Å². The summed E-state index contributed by atoms with van der Waals surface area (Å²) in [5.74, 6) is 0.717. The van der Waals surface area contributed by atoms with Gasteiger partial charge in [0.05, 0.1) is 6.54 Å². The Hall–Kier alpha value is -0.570. The van der Waals surface area contributed by atoms with Crippen molar-refractivity contribution in [1.29, 1.82) is 0 Å². The minimum atomic E-state index is -0.0139. The molecule has 16 heavy (non-hydrogen) atoms. The SMILES string of the molecule is CC[C@@H]1C[C@@H](NC(=O)CN)CC[C@]1(C)CC. The van der Waals surface area contributed by atoms with Crippen LogP contribution in [0.4, 0.5) is 0 Å². The quantitative estimate of drug-likeness (QED) is 0.771. The number of hydrogen-bond donors (Lipinski definition) is 2. The summed E-state index contributed by atoms with van der Waals surface area (Å²) in [6.07, 6.45) is 5.89. The van der Waals surface area contributed by atoms with Gasteiger partial charge in [-0.25, -0.2) is 0 Å². The largest absolute Gasteiger partial charge is 0.352 e. The molecule has 3 atom stereocenters. The lowest BCUT2D eigenvalue weighted by Crippen LogP contribution is -2.45. The maximum absolute atomic E-state index is 11.3. The van der Waals surface area contributed by atoms with Crippen LogP contribution in [0.25, 0.3) is 0 Å². The molecule has 3 N–H and O–H groups in total. The highest BCUT2D eigenvalue weighted by Crippen LogP contribution is 2.45. The molecule has 3 nitrogen and oxygen atoms in total. The van der Waals surface area contributed by atoms with Crippen LogP contribution < -0.4 is 11.1 Å². The summed E-state index contributed by atoms with van der Waals surface area (Å²) in [6.45, 7) is 7.04. The number of nitrogens with one attached hydrogen (secondary N) is 1. The van der Waals surface area contributed by atoms with Gasteiger partial charge in [-0.05, 0) is 30.6 Å². The first kappa shape index (κ1) is 13.5.